The Morgan fingerprint density at radius 2 is 1.51 bits per heavy atom. The number of nitrogens with one attached hydrogen (secondary N) is 2. The van der Waals surface area contributed by atoms with Crippen LogP contribution in [-0.2, 0) is 22.6 Å². The Kier molecular flexibility index (Phi) is 11.4. The number of ether oxygens (including phenoxy) is 3. The number of hydrogen-bond donors (Lipinski definition) is 2. The second-order valence-corrected chi connectivity index (χ2v) is 10.3. The van der Waals surface area contributed by atoms with Gasteiger partial charge >= 0.3 is 0 Å². The van der Waals surface area contributed by atoms with Crippen molar-refractivity contribution < 1.29 is 23.8 Å². The minimum Gasteiger partial charge on any atom is -0.493 e. The zero-order valence-corrected chi connectivity index (χ0v) is 25.1. The lowest BCUT2D eigenvalue weighted by Gasteiger charge is -2.21. The molecule has 222 valence electrons. The van der Waals surface area contributed by atoms with Gasteiger partial charge < -0.3 is 19.5 Å². The number of hydrazone groups is 1. The lowest BCUT2D eigenvalue weighted by molar-refractivity contribution is -0.132. The molecule has 0 bridgehead atoms. The number of carbonyl (C=O) groups is 2. The van der Waals surface area contributed by atoms with E-state index in [0.717, 1.165) is 11.1 Å². The van der Waals surface area contributed by atoms with E-state index in [0.29, 0.717) is 34.4 Å². The van der Waals surface area contributed by atoms with E-state index in [2.05, 4.69) is 15.8 Å². The van der Waals surface area contributed by atoms with Crippen LogP contribution < -0.4 is 25.0 Å². The molecule has 2 N–H and O–H groups in total. The van der Waals surface area contributed by atoms with E-state index in [1.165, 1.54) is 12.3 Å². The summed E-state index contributed by atoms with van der Waals surface area (Å²) < 4.78 is 17.1. The van der Waals surface area contributed by atoms with Crippen molar-refractivity contribution in [2.45, 2.75) is 32.1 Å². The van der Waals surface area contributed by atoms with Gasteiger partial charge in [-0.05, 0) is 60.0 Å². The molecule has 0 aliphatic heterocycles. The summed E-state index contributed by atoms with van der Waals surface area (Å²) in [6.07, 6.45) is 0.782. The Bertz CT molecular complexity index is 1550. The maximum Gasteiger partial charge on any atom is 0.262 e. The SMILES string of the molecule is COc1cc(/C=N\NC(=O)[C@H](Cc2ccccc2)NC(=O)[C@@H](C)Oc2ccc(Cl)cc2Cl)ccc1OCc1ccccc1. The van der Waals surface area contributed by atoms with E-state index in [-0.39, 0.29) is 11.4 Å². The standard InChI is InChI=1S/C33H31Cl2N3O5/c1-22(43-29-16-14-26(34)19-27(29)35)32(39)37-28(17-23-9-5-3-6-10-23)33(40)38-36-20-25-13-15-30(31(18-25)41-2)42-21-24-11-7-4-8-12-24/h3-16,18-20,22,28H,17,21H2,1-2H3,(H,37,39)(H,38,40)/b36-20-/t22-,28+/m1/s1. The highest BCUT2D eigenvalue weighted by molar-refractivity contribution is 6.35. The predicted octanol–water partition coefficient (Wildman–Crippen LogP) is 6.23. The molecule has 2 amide bonds. The van der Waals surface area contributed by atoms with Gasteiger partial charge in [0.25, 0.3) is 11.8 Å². The first-order valence-corrected chi connectivity index (χ1v) is 14.2. The second kappa shape index (κ2) is 15.6. The quantitative estimate of drug-likeness (QED) is 0.137. The molecule has 8 nitrogen and oxygen atoms in total. The molecule has 0 saturated heterocycles. The second-order valence-electron chi connectivity index (χ2n) is 9.50. The number of benzene rings is 4. The van der Waals surface area contributed by atoms with Crippen LogP contribution >= 0.6 is 23.2 Å². The molecule has 0 aromatic heterocycles. The molecule has 4 aromatic rings. The molecule has 0 radical (unpaired) electrons. The fourth-order valence-electron chi connectivity index (χ4n) is 4.03. The number of nitrogens with zero attached hydrogens (tertiary/aromatic N) is 1. The molecule has 0 heterocycles. The number of methoxy groups -OCH3 is 1. The number of halogens is 2. The summed E-state index contributed by atoms with van der Waals surface area (Å²) in [5.74, 6) is 0.403. The normalized spacial score (nSPS) is 12.3. The molecule has 0 spiro atoms. The van der Waals surface area contributed by atoms with Crippen LogP contribution in [0.5, 0.6) is 17.2 Å². The fraction of sp³-hybridized carbons (Fsp3) is 0.182. The third-order valence-corrected chi connectivity index (χ3v) is 6.83. The molecule has 0 aliphatic carbocycles. The van der Waals surface area contributed by atoms with E-state index in [9.17, 15) is 9.59 Å². The third-order valence-electron chi connectivity index (χ3n) is 6.30. The number of rotatable bonds is 13. The van der Waals surface area contributed by atoms with Crippen LogP contribution in [0.1, 0.15) is 23.6 Å². The summed E-state index contributed by atoms with van der Waals surface area (Å²) in [4.78, 5) is 26.2. The summed E-state index contributed by atoms with van der Waals surface area (Å²) in [7, 11) is 1.55. The van der Waals surface area contributed by atoms with Gasteiger partial charge in [0.1, 0.15) is 18.4 Å². The topological polar surface area (TPSA) is 98.2 Å². The molecule has 43 heavy (non-hydrogen) atoms. The fourth-order valence-corrected chi connectivity index (χ4v) is 4.48. The van der Waals surface area contributed by atoms with Crippen molar-refractivity contribution in [2.75, 3.05) is 7.11 Å². The molecule has 4 aromatic carbocycles. The zero-order valence-electron chi connectivity index (χ0n) is 23.6. The molecule has 10 heteroatoms. The Labute approximate surface area is 260 Å². The highest BCUT2D eigenvalue weighted by atomic mass is 35.5. The van der Waals surface area contributed by atoms with Crippen molar-refractivity contribution in [2.24, 2.45) is 5.10 Å². The van der Waals surface area contributed by atoms with Gasteiger partial charge in [-0.15, -0.1) is 0 Å². The van der Waals surface area contributed by atoms with E-state index >= 15 is 0 Å². The van der Waals surface area contributed by atoms with Crippen molar-refractivity contribution in [1.29, 1.82) is 0 Å². The van der Waals surface area contributed by atoms with Crippen molar-refractivity contribution in [3.63, 3.8) is 0 Å². The van der Waals surface area contributed by atoms with Crippen LogP contribution in [0.2, 0.25) is 10.0 Å². The summed E-state index contributed by atoms with van der Waals surface area (Å²) >= 11 is 12.1. The van der Waals surface area contributed by atoms with Crippen molar-refractivity contribution >= 4 is 41.2 Å². The third kappa shape index (κ3) is 9.49. The molecule has 0 aliphatic rings. The van der Waals surface area contributed by atoms with E-state index in [1.807, 2.05) is 60.7 Å². The van der Waals surface area contributed by atoms with Crippen LogP contribution in [0.15, 0.2) is 102 Å². The summed E-state index contributed by atoms with van der Waals surface area (Å²) in [6, 6.07) is 28.2. The highest BCUT2D eigenvalue weighted by Crippen LogP contribution is 2.29. The average Bonchev–Trinajstić information content (AvgIpc) is 3.02. The van der Waals surface area contributed by atoms with Crippen LogP contribution in [-0.4, -0.2) is 37.3 Å². The monoisotopic (exact) mass is 619 g/mol. The van der Waals surface area contributed by atoms with Gasteiger partial charge in [-0.2, -0.15) is 5.10 Å². The Morgan fingerprint density at radius 1 is 0.837 bits per heavy atom. The number of carbonyl (C=O) groups excluding carboxylic acids is 2. The van der Waals surface area contributed by atoms with Crippen LogP contribution in [0.25, 0.3) is 0 Å². The average molecular weight is 621 g/mol. The first kappa shape index (κ1) is 31.4. The Morgan fingerprint density at radius 3 is 2.19 bits per heavy atom. The molecule has 0 unspecified atom stereocenters. The molecule has 0 saturated carbocycles. The van der Waals surface area contributed by atoms with Crippen molar-refractivity contribution in [3.05, 3.63) is 124 Å². The van der Waals surface area contributed by atoms with Crippen LogP contribution in [0.4, 0.5) is 0 Å². The van der Waals surface area contributed by atoms with Crippen molar-refractivity contribution in [1.82, 2.24) is 10.7 Å². The van der Waals surface area contributed by atoms with Crippen LogP contribution in [0.3, 0.4) is 0 Å². The largest absolute Gasteiger partial charge is 0.493 e. The highest BCUT2D eigenvalue weighted by Gasteiger charge is 2.25. The van der Waals surface area contributed by atoms with Gasteiger partial charge in [0, 0.05) is 11.4 Å². The van der Waals surface area contributed by atoms with E-state index in [1.54, 1.807) is 44.4 Å². The van der Waals surface area contributed by atoms with Gasteiger partial charge in [-0.3, -0.25) is 9.59 Å². The Hall–Kier alpha value is -4.53. The number of hydrogen-bond acceptors (Lipinski definition) is 6. The first-order chi connectivity index (χ1) is 20.8. The van der Waals surface area contributed by atoms with Gasteiger partial charge in [0.15, 0.2) is 17.6 Å². The summed E-state index contributed by atoms with van der Waals surface area (Å²) in [6.45, 7) is 1.96. The first-order valence-electron chi connectivity index (χ1n) is 13.5. The molecule has 0 fully saturated rings. The lowest BCUT2D eigenvalue weighted by atomic mass is 10.1. The van der Waals surface area contributed by atoms with Gasteiger partial charge in [-0.1, -0.05) is 83.9 Å². The van der Waals surface area contributed by atoms with Crippen LogP contribution in [0, 0.1) is 0 Å². The summed E-state index contributed by atoms with van der Waals surface area (Å²) in [5.41, 5.74) is 5.09. The minimum atomic E-state index is -0.941. The molecule has 2 atom stereocenters. The maximum absolute atomic E-state index is 13.2. The zero-order chi connectivity index (χ0) is 30.6. The molecule has 4 rings (SSSR count). The number of amides is 2. The van der Waals surface area contributed by atoms with Gasteiger partial charge in [0.05, 0.1) is 18.3 Å². The van der Waals surface area contributed by atoms with Crippen molar-refractivity contribution in [3.8, 4) is 17.2 Å². The van der Waals surface area contributed by atoms with E-state index in [4.69, 9.17) is 37.4 Å². The Balaban J connectivity index is 1.40. The molecular formula is C33H31Cl2N3O5. The summed E-state index contributed by atoms with van der Waals surface area (Å²) in [5, 5.41) is 7.59. The smallest absolute Gasteiger partial charge is 0.262 e. The van der Waals surface area contributed by atoms with Gasteiger partial charge in [0.2, 0.25) is 0 Å². The van der Waals surface area contributed by atoms with E-state index < -0.39 is 24.0 Å². The maximum atomic E-state index is 13.2. The lowest BCUT2D eigenvalue weighted by Crippen LogP contribution is -2.50. The molecular weight excluding hydrogens is 589 g/mol. The minimum absolute atomic E-state index is 0.240. The predicted molar refractivity (Wildman–Crippen MR) is 168 cm³/mol. The van der Waals surface area contributed by atoms with Gasteiger partial charge in [-0.25, -0.2) is 5.43 Å².